The van der Waals surface area contributed by atoms with Crippen LogP contribution in [0.25, 0.3) is 0 Å². The fourth-order valence-electron chi connectivity index (χ4n) is 1.99. The van der Waals surface area contributed by atoms with Gasteiger partial charge in [0.2, 0.25) is 0 Å². The molecule has 0 unspecified atom stereocenters. The highest BCUT2D eigenvalue weighted by Crippen LogP contribution is 2.22. The lowest BCUT2D eigenvalue weighted by molar-refractivity contribution is -0.0468. The molecule has 1 aromatic carbocycles. The summed E-state index contributed by atoms with van der Waals surface area (Å²) in [4.78, 5) is 22.0. The van der Waals surface area contributed by atoms with E-state index in [4.69, 9.17) is 20.1 Å². The zero-order valence-electron chi connectivity index (χ0n) is 12.6. The molecule has 0 amide bonds. The molecule has 4 N–H and O–H groups in total. The lowest BCUT2D eigenvalue weighted by Gasteiger charge is -2.10. The van der Waals surface area contributed by atoms with Gasteiger partial charge in [-0.05, 0) is 37.8 Å². The number of esters is 1. The van der Waals surface area contributed by atoms with Crippen molar-refractivity contribution in [3.8, 4) is 0 Å². The first-order valence-electron chi connectivity index (χ1n) is 7.01. The largest absolute Gasteiger partial charge is 0.478 e. The van der Waals surface area contributed by atoms with E-state index in [-0.39, 0.29) is 13.0 Å². The Hall–Kier alpha value is -2.01. The standard InChI is InChI=1S/C14H18O9S/c15-11(16)7-2-1-3-8-23-14(19)10-6-4-5-9(13(17)18)12(10)24(20,21)22/h4-6,11,15-16H,1-3,7-8H2,(H,17,18)(H,20,21,22). The number of hydrogen-bond donors (Lipinski definition) is 4. The van der Waals surface area contributed by atoms with Crippen LogP contribution in [0, 0.1) is 0 Å². The number of carbonyl (C=O) groups excluding carboxylic acids is 1. The normalized spacial score (nSPS) is 11.5. The van der Waals surface area contributed by atoms with E-state index in [1.807, 2.05) is 0 Å². The van der Waals surface area contributed by atoms with Crippen LogP contribution in [0.5, 0.6) is 0 Å². The molecule has 1 aromatic rings. The van der Waals surface area contributed by atoms with Crippen molar-refractivity contribution in [2.45, 2.75) is 36.9 Å². The Morgan fingerprint density at radius 3 is 2.25 bits per heavy atom. The molecule has 0 aliphatic carbocycles. The summed E-state index contributed by atoms with van der Waals surface area (Å²) in [6.07, 6.45) is 0.231. The van der Waals surface area contributed by atoms with Gasteiger partial charge in [0, 0.05) is 0 Å². The average Bonchev–Trinajstić information content (AvgIpc) is 2.48. The van der Waals surface area contributed by atoms with E-state index in [1.165, 1.54) is 0 Å². The number of unbranched alkanes of at least 4 members (excludes halogenated alkanes) is 2. The highest BCUT2D eigenvalue weighted by Gasteiger charge is 2.28. The summed E-state index contributed by atoms with van der Waals surface area (Å²) in [7, 11) is -4.94. The van der Waals surface area contributed by atoms with Gasteiger partial charge in [-0.3, -0.25) is 4.55 Å². The van der Waals surface area contributed by atoms with Crippen LogP contribution in [0.2, 0.25) is 0 Å². The summed E-state index contributed by atoms with van der Waals surface area (Å²) in [6, 6.07) is 3.15. The molecule has 0 aliphatic rings. The minimum atomic E-state index is -4.94. The van der Waals surface area contributed by atoms with Crippen LogP contribution in [-0.2, 0) is 14.9 Å². The minimum absolute atomic E-state index is 0.0669. The summed E-state index contributed by atoms with van der Waals surface area (Å²) in [5, 5.41) is 26.3. The highest BCUT2D eigenvalue weighted by atomic mass is 32.2. The van der Waals surface area contributed by atoms with E-state index in [0.717, 1.165) is 18.2 Å². The van der Waals surface area contributed by atoms with Crippen molar-refractivity contribution in [1.82, 2.24) is 0 Å². The van der Waals surface area contributed by atoms with E-state index < -0.39 is 44.4 Å². The molecule has 0 bridgehead atoms. The van der Waals surface area contributed by atoms with Crippen LogP contribution in [-0.4, -0.2) is 53.1 Å². The Morgan fingerprint density at radius 2 is 1.71 bits per heavy atom. The number of ether oxygens (including phenoxy) is 1. The second-order valence-electron chi connectivity index (χ2n) is 4.93. The number of hydrogen-bond acceptors (Lipinski definition) is 7. The van der Waals surface area contributed by atoms with Gasteiger partial charge in [-0.25, -0.2) is 9.59 Å². The van der Waals surface area contributed by atoms with Crippen molar-refractivity contribution >= 4 is 22.1 Å². The quantitative estimate of drug-likeness (QED) is 0.214. The Labute approximate surface area is 138 Å². The van der Waals surface area contributed by atoms with Crippen LogP contribution in [0.15, 0.2) is 23.1 Å². The molecule has 0 aromatic heterocycles. The van der Waals surface area contributed by atoms with Crippen molar-refractivity contribution < 1.29 is 42.6 Å². The van der Waals surface area contributed by atoms with Gasteiger partial charge in [0.05, 0.1) is 17.7 Å². The first-order chi connectivity index (χ1) is 11.1. The smallest absolute Gasteiger partial charge is 0.339 e. The third kappa shape index (κ3) is 5.89. The van der Waals surface area contributed by atoms with Gasteiger partial charge in [-0.2, -0.15) is 8.42 Å². The number of carboxylic acid groups (broad SMARTS) is 1. The lowest BCUT2D eigenvalue weighted by atomic mass is 10.1. The predicted molar refractivity (Wildman–Crippen MR) is 80.2 cm³/mol. The Morgan fingerprint density at radius 1 is 1.08 bits per heavy atom. The molecular weight excluding hydrogens is 344 g/mol. The summed E-state index contributed by atoms with van der Waals surface area (Å²) >= 11 is 0. The second kappa shape index (κ2) is 8.73. The zero-order valence-corrected chi connectivity index (χ0v) is 13.4. The maximum atomic E-state index is 12.0. The number of aliphatic hydroxyl groups is 2. The zero-order chi connectivity index (χ0) is 18.3. The molecule has 0 atom stereocenters. The van der Waals surface area contributed by atoms with Gasteiger partial charge in [-0.15, -0.1) is 0 Å². The molecule has 0 spiro atoms. The van der Waals surface area contributed by atoms with Gasteiger partial charge in [-0.1, -0.05) is 6.07 Å². The molecule has 0 heterocycles. The van der Waals surface area contributed by atoms with Gasteiger partial charge < -0.3 is 20.1 Å². The van der Waals surface area contributed by atoms with Gasteiger partial charge in [0.1, 0.15) is 4.90 Å². The molecule has 0 fully saturated rings. The van der Waals surface area contributed by atoms with Crippen molar-refractivity contribution in [1.29, 1.82) is 0 Å². The van der Waals surface area contributed by atoms with E-state index >= 15 is 0 Å². The van der Waals surface area contributed by atoms with Gasteiger partial charge in [0.15, 0.2) is 6.29 Å². The topological polar surface area (TPSA) is 158 Å². The molecule has 10 heteroatoms. The predicted octanol–water partition coefficient (Wildman–Crippen LogP) is 0.659. The van der Waals surface area contributed by atoms with Crippen molar-refractivity contribution in [2.75, 3.05) is 6.61 Å². The fraction of sp³-hybridized carbons (Fsp3) is 0.429. The van der Waals surface area contributed by atoms with Crippen molar-refractivity contribution in [3.63, 3.8) is 0 Å². The van der Waals surface area contributed by atoms with E-state index in [0.29, 0.717) is 19.3 Å². The third-order valence-electron chi connectivity index (χ3n) is 3.06. The number of aromatic carboxylic acids is 1. The highest BCUT2D eigenvalue weighted by molar-refractivity contribution is 7.86. The number of aliphatic hydroxyl groups excluding tert-OH is 1. The first-order valence-corrected chi connectivity index (χ1v) is 8.45. The van der Waals surface area contributed by atoms with Crippen LogP contribution >= 0.6 is 0 Å². The molecule has 134 valence electrons. The molecule has 1 rings (SSSR count). The third-order valence-corrected chi connectivity index (χ3v) is 4.02. The van der Waals surface area contributed by atoms with Gasteiger partial charge in [0.25, 0.3) is 10.1 Å². The minimum Gasteiger partial charge on any atom is -0.478 e. The van der Waals surface area contributed by atoms with E-state index in [1.54, 1.807) is 0 Å². The fourth-order valence-corrected chi connectivity index (χ4v) is 2.85. The van der Waals surface area contributed by atoms with Crippen LogP contribution < -0.4 is 0 Å². The summed E-state index contributed by atoms with van der Waals surface area (Å²) in [5.41, 5.74) is -1.30. The number of carbonyl (C=O) groups is 2. The molecule has 0 saturated carbocycles. The summed E-state index contributed by atoms with van der Waals surface area (Å²) in [5.74, 6) is -2.69. The number of benzene rings is 1. The maximum Gasteiger partial charge on any atom is 0.339 e. The monoisotopic (exact) mass is 362 g/mol. The summed E-state index contributed by atoms with van der Waals surface area (Å²) in [6.45, 7) is -0.0669. The Balaban J connectivity index is 2.81. The van der Waals surface area contributed by atoms with Crippen molar-refractivity contribution in [2.24, 2.45) is 0 Å². The Bertz CT molecular complexity index is 694. The molecular formula is C14H18O9S. The number of rotatable bonds is 9. The van der Waals surface area contributed by atoms with Crippen molar-refractivity contribution in [3.05, 3.63) is 29.3 Å². The molecule has 24 heavy (non-hydrogen) atoms. The van der Waals surface area contributed by atoms with Crippen LogP contribution in [0.1, 0.15) is 46.4 Å². The first kappa shape index (κ1) is 20.0. The number of carboxylic acids is 1. The maximum absolute atomic E-state index is 12.0. The Kier molecular flexibility index (Phi) is 7.29. The molecule has 0 aliphatic heterocycles. The summed E-state index contributed by atoms with van der Waals surface area (Å²) < 4.78 is 36.9. The van der Waals surface area contributed by atoms with E-state index in [9.17, 15) is 22.6 Å². The van der Waals surface area contributed by atoms with E-state index in [2.05, 4.69) is 0 Å². The average molecular weight is 362 g/mol. The SMILES string of the molecule is O=C(O)c1cccc(C(=O)OCCCCCC(O)O)c1S(=O)(=O)O. The van der Waals surface area contributed by atoms with Gasteiger partial charge >= 0.3 is 11.9 Å². The lowest BCUT2D eigenvalue weighted by Crippen LogP contribution is -2.16. The van der Waals surface area contributed by atoms with Crippen LogP contribution in [0.4, 0.5) is 0 Å². The second-order valence-corrected chi connectivity index (χ2v) is 6.29. The molecule has 9 nitrogen and oxygen atoms in total. The van der Waals surface area contributed by atoms with Crippen LogP contribution in [0.3, 0.4) is 0 Å². The molecule has 0 saturated heterocycles. The molecule has 0 radical (unpaired) electrons.